The van der Waals surface area contributed by atoms with Crippen molar-refractivity contribution in [2.24, 2.45) is 5.73 Å². The summed E-state index contributed by atoms with van der Waals surface area (Å²) in [5, 5.41) is 0. The van der Waals surface area contributed by atoms with Crippen molar-refractivity contribution in [2.75, 3.05) is 6.61 Å². The average Bonchev–Trinajstić information content (AvgIpc) is 2.27. The highest BCUT2D eigenvalue weighted by Crippen LogP contribution is 2.35. The van der Waals surface area contributed by atoms with Gasteiger partial charge >= 0.3 is 6.09 Å². The maximum Gasteiger partial charge on any atom is 0.405 e. The SMILES string of the molecule is CC(C)(CC1COCc2ccc(Br)cc21)OC(N)=O. The summed E-state index contributed by atoms with van der Waals surface area (Å²) >= 11 is 3.49. The summed E-state index contributed by atoms with van der Waals surface area (Å²) in [7, 11) is 0. The van der Waals surface area contributed by atoms with Crippen LogP contribution in [0.3, 0.4) is 0 Å². The Balaban J connectivity index is 2.19. The molecule has 0 bridgehead atoms. The smallest absolute Gasteiger partial charge is 0.405 e. The molecular formula is C14H18BrNO3. The van der Waals surface area contributed by atoms with Gasteiger partial charge in [0.05, 0.1) is 13.2 Å². The van der Waals surface area contributed by atoms with E-state index in [4.69, 9.17) is 15.2 Å². The van der Waals surface area contributed by atoms with E-state index in [1.807, 2.05) is 19.9 Å². The van der Waals surface area contributed by atoms with E-state index in [2.05, 4.69) is 28.1 Å². The lowest BCUT2D eigenvalue weighted by atomic mass is 9.85. The van der Waals surface area contributed by atoms with Crippen LogP contribution >= 0.6 is 15.9 Å². The van der Waals surface area contributed by atoms with Gasteiger partial charge in [-0.2, -0.15) is 0 Å². The van der Waals surface area contributed by atoms with Crippen molar-refractivity contribution in [3.05, 3.63) is 33.8 Å². The van der Waals surface area contributed by atoms with Crippen molar-refractivity contribution in [1.82, 2.24) is 0 Å². The predicted molar refractivity (Wildman–Crippen MR) is 75.9 cm³/mol. The van der Waals surface area contributed by atoms with Crippen LogP contribution in [0.15, 0.2) is 22.7 Å². The Labute approximate surface area is 121 Å². The Hall–Kier alpha value is -1.07. The number of primary amides is 1. The van der Waals surface area contributed by atoms with Crippen LogP contribution in [-0.2, 0) is 16.1 Å². The number of carbonyl (C=O) groups excluding carboxylic acids is 1. The highest BCUT2D eigenvalue weighted by Gasteiger charge is 2.30. The first-order valence-corrected chi connectivity index (χ1v) is 7.01. The predicted octanol–water partition coefficient (Wildman–Crippen LogP) is 3.33. The number of rotatable bonds is 3. The number of ether oxygens (including phenoxy) is 2. The number of fused-ring (bicyclic) bond motifs is 1. The first-order chi connectivity index (χ1) is 8.87. The number of carbonyl (C=O) groups is 1. The maximum absolute atomic E-state index is 10.9. The third-order valence-electron chi connectivity index (χ3n) is 3.24. The molecular weight excluding hydrogens is 310 g/mol. The summed E-state index contributed by atoms with van der Waals surface area (Å²) in [5.74, 6) is 0.204. The number of hydrogen-bond acceptors (Lipinski definition) is 3. The molecule has 0 spiro atoms. The molecule has 5 heteroatoms. The Morgan fingerprint density at radius 3 is 3.00 bits per heavy atom. The summed E-state index contributed by atoms with van der Waals surface area (Å²) in [4.78, 5) is 10.9. The molecule has 0 radical (unpaired) electrons. The first kappa shape index (κ1) is 14.3. The molecule has 0 aromatic heterocycles. The van der Waals surface area contributed by atoms with E-state index in [9.17, 15) is 4.79 Å². The highest BCUT2D eigenvalue weighted by molar-refractivity contribution is 9.10. The minimum absolute atomic E-state index is 0.204. The molecule has 1 aliphatic heterocycles. The number of nitrogens with two attached hydrogens (primary N) is 1. The van der Waals surface area contributed by atoms with Crippen LogP contribution in [0.2, 0.25) is 0 Å². The molecule has 0 saturated heterocycles. The zero-order chi connectivity index (χ0) is 14.0. The molecule has 1 aromatic rings. The number of halogens is 1. The summed E-state index contributed by atoms with van der Waals surface area (Å²) in [5.41, 5.74) is 6.94. The zero-order valence-electron chi connectivity index (χ0n) is 11.1. The van der Waals surface area contributed by atoms with Crippen LogP contribution in [0, 0.1) is 0 Å². The van der Waals surface area contributed by atoms with Crippen LogP contribution < -0.4 is 5.73 Å². The highest BCUT2D eigenvalue weighted by atomic mass is 79.9. The number of benzene rings is 1. The fourth-order valence-electron chi connectivity index (χ4n) is 2.55. The first-order valence-electron chi connectivity index (χ1n) is 6.22. The molecule has 0 saturated carbocycles. The van der Waals surface area contributed by atoms with Crippen molar-refractivity contribution in [3.8, 4) is 0 Å². The minimum Gasteiger partial charge on any atom is -0.444 e. The van der Waals surface area contributed by atoms with Gasteiger partial charge in [-0.15, -0.1) is 0 Å². The van der Waals surface area contributed by atoms with Crippen LogP contribution in [0.4, 0.5) is 4.79 Å². The number of amides is 1. The molecule has 1 heterocycles. The number of hydrogen-bond donors (Lipinski definition) is 1. The van der Waals surface area contributed by atoms with Crippen molar-refractivity contribution in [3.63, 3.8) is 0 Å². The van der Waals surface area contributed by atoms with Gasteiger partial charge in [-0.1, -0.05) is 22.0 Å². The molecule has 1 unspecified atom stereocenters. The molecule has 104 valence electrons. The second-order valence-corrected chi connectivity index (χ2v) is 6.36. The van der Waals surface area contributed by atoms with Crippen molar-refractivity contribution in [2.45, 2.75) is 38.4 Å². The lowest BCUT2D eigenvalue weighted by Crippen LogP contribution is -2.34. The molecule has 19 heavy (non-hydrogen) atoms. The van der Waals surface area contributed by atoms with E-state index in [-0.39, 0.29) is 5.92 Å². The van der Waals surface area contributed by atoms with E-state index in [0.29, 0.717) is 19.6 Å². The molecule has 2 rings (SSSR count). The molecule has 0 aliphatic carbocycles. The van der Waals surface area contributed by atoms with E-state index in [1.54, 1.807) is 0 Å². The lowest BCUT2D eigenvalue weighted by Gasteiger charge is -2.32. The van der Waals surface area contributed by atoms with Gasteiger partial charge in [0.2, 0.25) is 0 Å². The fraction of sp³-hybridized carbons (Fsp3) is 0.500. The van der Waals surface area contributed by atoms with Gasteiger partial charge < -0.3 is 15.2 Å². The topological polar surface area (TPSA) is 61.6 Å². The van der Waals surface area contributed by atoms with Crippen molar-refractivity contribution < 1.29 is 14.3 Å². The van der Waals surface area contributed by atoms with Gasteiger partial charge in [-0.05, 0) is 43.5 Å². The average molecular weight is 328 g/mol. The van der Waals surface area contributed by atoms with Gasteiger partial charge in [-0.3, -0.25) is 0 Å². The van der Waals surface area contributed by atoms with Gasteiger partial charge in [0.25, 0.3) is 0 Å². The van der Waals surface area contributed by atoms with Gasteiger partial charge in [-0.25, -0.2) is 4.79 Å². The normalized spacial score (nSPS) is 18.8. The summed E-state index contributed by atoms with van der Waals surface area (Å²) in [6.07, 6.45) is -0.0597. The van der Waals surface area contributed by atoms with Gasteiger partial charge in [0, 0.05) is 10.4 Å². The Bertz CT molecular complexity index is 488. The molecule has 4 nitrogen and oxygen atoms in total. The van der Waals surface area contributed by atoms with Crippen LogP contribution in [0.25, 0.3) is 0 Å². The summed E-state index contributed by atoms with van der Waals surface area (Å²) in [6, 6.07) is 6.19. The maximum atomic E-state index is 10.9. The van der Waals surface area contributed by atoms with E-state index >= 15 is 0 Å². The minimum atomic E-state index is -0.740. The molecule has 1 atom stereocenters. The Morgan fingerprint density at radius 2 is 2.32 bits per heavy atom. The molecule has 1 aromatic carbocycles. The van der Waals surface area contributed by atoms with Crippen LogP contribution in [-0.4, -0.2) is 18.3 Å². The second-order valence-electron chi connectivity index (χ2n) is 5.44. The second kappa shape index (κ2) is 5.51. The lowest BCUT2D eigenvalue weighted by molar-refractivity contribution is 0.0143. The fourth-order valence-corrected chi connectivity index (χ4v) is 2.93. The molecule has 1 amide bonds. The Morgan fingerprint density at radius 1 is 1.58 bits per heavy atom. The van der Waals surface area contributed by atoms with E-state index < -0.39 is 11.7 Å². The Kier molecular flexibility index (Phi) is 4.16. The van der Waals surface area contributed by atoms with Crippen molar-refractivity contribution >= 4 is 22.0 Å². The van der Waals surface area contributed by atoms with Crippen LogP contribution in [0.5, 0.6) is 0 Å². The standard InChI is InChI=1S/C14H18BrNO3/c1-14(2,19-13(16)17)6-10-8-18-7-9-3-4-11(15)5-12(9)10/h3-5,10H,6-8H2,1-2H3,(H2,16,17). The van der Waals surface area contributed by atoms with Crippen LogP contribution in [0.1, 0.15) is 37.3 Å². The quantitative estimate of drug-likeness (QED) is 0.926. The van der Waals surface area contributed by atoms with Gasteiger partial charge in [0.15, 0.2) is 0 Å². The van der Waals surface area contributed by atoms with Crippen molar-refractivity contribution in [1.29, 1.82) is 0 Å². The summed E-state index contributed by atoms with van der Waals surface area (Å²) < 4.78 is 11.8. The zero-order valence-corrected chi connectivity index (χ0v) is 12.7. The third kappa shape index (κ3) is 3.70. The largest absolute Gasteiger partial charge is 0.444 e. The third-order valence-corrected chi connectivity index (χ3v) is 3.73. The van der Waals surface area contributed by atoms with Gasteiger partial charge in [0.1, 0.15) is 5.60 Å². The van der Waals surface area contributed by atoms with E-state index in [0.717, 1.165) is 4.47 Å². The molecule has 0 fully saturated rings. The molecule has 2 N–H and O–H groups in total. The summed E-state index contributed by atoms with van der Waals surface area (Å²) in [6.45, 7) is 5.00. The molecule has 1 aliphatic rings. The monoisotopic (exact) mass is 327 g/mol. The van der Waals surface area contributed by atoms with E-state index in [1.165, 1.54) is 11.1 Å².